The van der Waals surface area contributed by atoms with Gasteiger partial charge in [0.05, 0.1) is 10.9 Å². The Morgan fingerprint density at radius 3 is 2.44 bits per heavy atom. The number of aromatic nitrogens is 2. The Hall–Kier alpha value is -3.95. The van der Waals surface area contributed by atoms with Crippen LogP contribution in [0.15, 0.2) is 45.9 Å². The number of amides is 2. The van der Waals surface area contributed by atoms with Crippen molar-refractivity contribution in [3.05, 3.63) is 58.2 Å². The van der Waals surface area contributed by atoms with E-state index < -0.39 is 17.3 Å². The zero-order valence-corrected chi connectivity index (χ0v) is 21.6. The van der Waals surface area contributed by atoms with E-state index in [0.717, 1.165) is 12.0 Å². The molecule has 10 heteroatoms. The molecule has 0 saturated carbocycles. The summed E-state index contributed by atoms with van der Waals surface area (Å²) >= 11 is 0. The van der Waals surface area contributed by atoms with Crippen molar-refractivity contribution in [2.75, 3.05) is 37.4 Å². The number of ether oxygens (including phenoxy) is 1. The van der Waals surface area contributed by atoms with Crippen LogP contribution in [-0.4, -0.2) is 59.7 Å². The van der Waals surface area contributed by atoms with Gasteiger partial charge in [0.15, 0.2) is 0 Å². The number of fused-ring (bicyclic) bond motifs is 1. The van der Waals surface area contributed by atoms with Crippen LogP contribution in [0.2, 0.25) is 0 Å². The maximum absolute atomic E-state index is 12.8. The molecule has 0 saturated heterocycles. The largest absolute Gasteiger partial charge is 0.444 e. The minimum Gasteiger partial charge on any atom is -0.444 e. The van der Waals surface area contributed by atoms with Crippen molar-refractivity contribution in [2.24, 2.45) is 0 Å². The average molecular weight is 496 g/mol. The van der Waals surface area contributed by atoms with Crippen LogP contribution < -0.4 is 15.8 Å². The highest BCUT2D eigenvalue weighted by molar-refractivity contribution is 5.93. The number of carbonyl (C=O) groups excluding carboxylic acids is 2. The molecule has 1 aromatic carbocycles. The third kappa shape index (κ3) is 7.03. The second-order valence-corrected chi connectivity index (χ2v) is 9.64. The smallest absolute Gasteiger partial charge is 0.412 e. The molecule has 0 spiro atoms. The zero-order valence-electron chi connectivity index (χ0n) is 21.6. The zero-order chi connectivity index (χ0) is 26.5. The molecule has 0 aliphatic heterocycles. The number of anilines is 2. The van der Waals surface area contributed by atoms with Gasteiger partial charge in [-0.3, -0.25) is 15.1 Å². The summed E-state index contributed by atoms with van der Waals surface area (Å²) in [6.45, 7) is 7.93. The van der Waals surface area contributed by atoms with Crippen LogP contribution in [0.4, 0.5) is 16.5 Å². The van der Waals surface area contributed by atoms with Crippen LogP contribution in [0.5, 0.6) is 0 Å². The number of carbonyl (C=O) groups is 2. The van der Waals surface area contributed by atoms with Crippen molar-refractivity contribution < 1.29 is 18.7 Å². The first-order chi connectivity index (χ1) is 16.9. The van der Waals surface area contributed by atoms with Crippen molar-refractivity contribution in [3.63, 3.8) is 0 Å². The summed E-state index contributed by atoms with van der Waals surface area (Å²) in [6.07, 6.45) is 3.83. The lowest BCUT2D eigenvalue weighted by atomic mass is 10.1. The Morgan fingerprint density at radius 2 is 1.78 bits per heavy atom. The van der Waals surface area contributed by atoms with Crippen molar-refractivity contribution in [1.82, 2.24) is 14.9 Å². The summed E-state index contributed by atoms with van der Waals surface area (Å²) in [7, 11) is 3.48. The van der Waals surface area contributed by atoms with Gasteiger partial charge < -0.3 is 19.0 Å². The third-order valence-corrected chi connectivity index (χ3v) is 5.58. The fraction of sp³-hybridized carbons (Fsp3) is 0.423. The minimum absolute atomic E-state index is 0.0206. The number of pyridine rings is 1. The van der Waals surface area contributed by atoms with Gasteiger partial charge >= 0.3 is 11.7 Å². The van der Waals surface area contributed by atoms with E-state index >= 15 is 0 Å². The van der Waals surface area contributed by atoms with E-state index in [1.165, 1.54) is 0 Å². The normalized spacial score (nSPS) is 11.3. The molecule has 2 aromatic heterocycles. The summed E-state index contributed by atoms with van der Waals surface area (Å²) < 4.78 is 10.7. The molecule has 10 nitrogen and oxygen atoms in total. The molecule has 0 fully saturated rings. The number of rotatable bonds is 8. The van der Waals surface area contributed by atoms with E-state index in [4.69, 9.17) is 9.15 Å². The number of nitrogens with zero attached hydrogens (tertiary/aromatic N) is 4. The number of hydrogen-bond acceptors (Lipinski definition) is 8. The number of likely N-dealkylation sites (N-methyl/N-ethyl adjacent to an activating group) is 1. The molecule has 0 atom stereocenters. The SMILES string of the molecule is Cc1c(NC(=O)OC(C)(C)C)ccc2nc(N(C)CCC(=O)N(C)CCc3ccncc3)oc(=O)c12. The summed E-state index contributed by atoms with van der Waals surface area (Å²) in [4.78, 5) is 49.3. The topological polar surface area (TPSA) is 118 Å². The first-order valence-corrected chi connectivity index (χ1v) is 11.7. The molecule has 36 heavy (non-hydrogen) atoms. The van der Waals surface area contributed by atoms with E-state index in [1.54, 1.807) is 76.1 Å². The lowest BCUT2D eigenvalue weighted by Crippen LogP contribution is -2.32. The first kappa shape index (κ1) is 26.7. The molecule has 0 aliphatic carbocycles. The highest BCUT2D eigenvalue weighted by Crippen LogP contribution is 2.24. The van der Waals surface area contributed by atoms with Crippen molar-refractivity contribution in [1.29, 1.82) is 0 Å². The van der Waals surface area contributed by atoms with Gasteiger partial charge in [0.2, 0.25) is 5.91 Å². The fourth-order valence-corrected chi connectivity index (χ4v) is 3.54. The number of hydrogen-bond donors (Lipinski definition) is 1. The number of nitrogens with one attached hydrogen (secondary N) is 1. The lowest BCUT2D eigenvalue weighted by molar-refractivity contribution is -0.129. The summed E-state index contributed by atoms with van der Waals surface area (Å²) in [6, 6.07) is 7.28. The van der Waals surface area contributed by atoms with Crippen LogP contribution in [0.25, 0.3) is 10.9 Å². The average Bonchev–Trinajstić information content (AvgIpc) is 2.81. The van der Waals surface area contributed by atoms with Crippen LogP contribution in [-0.2, 0) is 16.0 Å². The monoisotopic (exact) mass is 495 g/mol. The van der Waals surface area contributed by atoms with Crippen LogP contribution in [0.1, 0.15) is 38.3 Å². The van der Waals surface area contributed by atoms with Gasteiger partial charge in [0, 0.05) is 51.7 Å². The molecule has 2 heterocycles. The molecule has 3 aromatic rings. The predicted molar refractivity (Wildman–Crippen MR) is 138 cm³/mol. The van der Waals surface area contributed by atoms with E-state index in [0.29, 0.717) is 29.9 Å². The number of benzene rings is 1. The van der Waals surface area contributed by atoms with Gasteiger partial charge in [0.1, 0.15) is 5.60 Å². The molecule has 0 radical (unpaired) electrons. The summed E-state index contributed by atoms with van der Waals surface area (Å²) in [5.74, 6) is -0.0206. The van der Waals surface area contributed by atoms with Crippen LogP contribution >= 0.6 is 0 Å². The highest BCUT2D eigenvalue weighted by Gasteiger charge is 2.19. The summed E-state index contributed by atoms with van der Waals surface area (Å²) in [5.41, 5.74) is 1.29. The lowest BCUT2D eigenvalue weighted by Gasteiger charge is -2.21. The Balaban J connectivity index is 1.65. The molecular weight excluding hydrogens is 462 g/mol. The maximum Gasteiger partial charge on any atom is 0.412 e. The highest BCUT2D eigenvalue weighted by atomic mass is 16.6. The Bertz CT molecular complexity index is 1280. The predicted octanol–water partition coefficient (Wildman–Crippen LogP) is 3.77. The van der Waals surface area contributed by atoms with Gasteiger partial charge in [-0.25, -0.2) is 9.59 Å². The van der Waals surface area contributed by atoms with Crippen LogP contribution in [0, 0.1) is 6.92 Å². The van der Waals surface area contributed by atoms with Crippen molar-refractivity contribution in [3.8, 4) is 0 Å². The van der Waals surface area contributed by atoms with E-state index in [-0.39, 0.29) is 23.7 Å². The molecule has 192 valence electrons. The molecule has 1 N–H and O–H groups in total. The molecule has 0 bridgehead atoms. The first-order valence-electron chi connectivity index (χ1n) is 11.7. The second-order valence-electron chi connectivity index (χ2n) is 9.64. The van der Waals surface area contributed by atoms with E-state index in [2.05, 4.69) is 15.3 Å². The minimum atomic E-state index is -0.648. The van der Waals surface area contributed by atoms with E-state index in [1.807, 2.05) is 12.1 Å². The quantitative estimate of drug-likeness (QED) is 0.502. The van der Waals surface area contributed by atoms with Crippen molar-refractivity contribution in [2.45, 2.75) is 46.1 Å². The molecule has 0 aliphatic rings. The van der Waals surface area contributed by atoms with Gasteiger partial charge in [-0.15, -0.1) is 0 Å². The Labute approximate surface area is 210 Å². The van der Waals surface area contributed by atoms with Crippen LogP contribution in [0.3, 0.4) is 0 Å². The second kappa shape index (κ2) is 11.2. The molecule has 0 unspecified atom stereocenters. The van der Waals surface area contributed by atoms with E-state index in [9.17, 15) is 14.4 Å². The van der Waals surface area contributed by atoms with Gasteiger partial charge in [-0.1, -0.05) is 0 Å². The molecule has 3 rings (SSSR count). The Morgan fingerprint density at radius 1 is 1.08 bits per heavy atom. The summed E-state index contributed by atoms with van der Waals surface area (Å²) in [5, 5.41) is 2.93. The van der Waals surface area contributed by atoms with Crippen molar-refractivity contribution >= 4 is 34.6 Å². The Kier molecular flexibility index (Phi) is 8.29. The third-order valence-electron chi connectivity index (χ3n) is 5.58. The van der Waals surface area contributed by atoms with Gasteiger partial charge in [0.25, 0.3) is 6.01 Å². The maximum atomic E-state index is 12.8. The fourth-order valence-electron chi connectivity index (χ4n) is 3.54. The van der Waals surface area contributed by atoms with Gasteiger partial charge in [-0.2, -0.15) is 4.98 Å². The molecule has 2 amide bonds. The molecular formula is C26H33N5O5. The van der Waals surface area contributed by atoms with Gasteiger partial charge in [-0.05, 0) is 69.5 Å². The standard InChI is InChI=1S/C26H33N5O5/c1-17-19(29-25(34)36-26(2,3)4)7-8-20-22(17)23(33)35-24(28-20)31(6)16-12-21(32)30(5)15-11-18-9-13-27-14-10-18/h7-10,13-14H,11-12,15-16H2,1-6H3,(H,29,34). The number of aryl methyl sites for hydroxylation is 1.